The van der Waals surface area contributed by atoms with Gasteiger partial charge in [0.1, 0.15) is 0 Å². The van der Waals surface area contributed by atoms with Gasteiger partial charge >= 0.3 is 0 Å². The number of benzene rings is 1. The second kappa shape index (κ2) is 7.99. The third-order valence-corrected chi connectivity index (χ3v) is 2.99. The number of hydrogen-bond acceptors (Lipinski definition) is 4. The first-order valence-electron chi connectivity index (χ1n) is 6.04. The highest BCUT2D eigenvalue weighted by Gasteiger charge is 2.13. The first kappa shape index (κ1) is 15.8. The van der Waals surface area contributed by atoms with Crippen LogP contribution < -0.4 is 16.0 Å². The highest BCUT2D eigenvalue weighted by molar-refractivity contribution is 6.33. The molecule has 3 N–H and O–H groups in total. The van der Waals surface area contributed by atoms with Crippen molar-refractivity contribution in [3.05, 3.63) is 28.8 Å². The van der Waals surface area contributed by atoms with Crippen LogP contribution in [-0.4, -0.2) is 39.8 Å². The topological polar surface area (TPSA) is 67.6 Å². The maximum Gasteiger partial charge on any atom is 0.239 e. The maximum absolute atomic E-state index is 11.7. The van der Waals surface area contributed by atoms with Crippen molar-refractivity contribution in [3.8, 4) is 0 Å². The van der Waals surface area contributed by atoms with Crippen LogP contribution >= 0.6 is 11.6 Å². The van der Waals surface area contributed by atoms with Crippen LogP contribution in [0.5, 0.6) is 0 Å². The van der Waals surface area contributed by atoms with Crippen molar-refractivity contribution in [3.63, 3.8) is 0 Å². The lowest BCUT2D eigenvalue weighted by atomic mass is 10.1. The smallest absolute Gasteiger partial charge is 0.239 e. The number of para-hydroxylation sites is 1. The van der Waals surface area contributed by atoms with Crippen LogP contribution in [0.1, 0.15) is 5.56 Å². The number of rotatable bonds is 7. The molecule has 1 aromatic carbocycles. The fourth-order valence-corrected chi connectivity index (χ4v) is 2.13. The summed E-state index contributed by atoms with van der Waals surface area (Å²) in [5, 5.41) is 3.35. The molecule has 0 heterocycles. The Kier molecular flexibility index (Phi) is 6.62. The molecule has 0 atom stereocenters. The van der Waals surface area contributed by atoms with Crippen LogP contribution in [0.4, 0.5) is 5.69 Å². The van der Waals surface area contributed by atoms with Crippen LogP contribution in [0.15, 0.2) is 18.2 Å². The molecule has 0 fully saturated rings. The van der Waals surface area contributed by atoms with Crippen molar-refractivity contribution in [2.75, 3.05) is 38.8 Å². The van der Waals surface area contributed by atoms with E-state index in [1.165, 1.54) is 0 Å². The summed E-state index contributed by atoms with van der Waals surface area (Å²) in [6.07, 6.45) is 0. The second-order valence-electron chi connectivity index (χ2n) is 4.15. The molecule has 0 bridgehead atoms. The molecule has 1 rings (SSSR count). The summed E-state index contributed by atoms with van der Waals surface area (Å²) in [6, 6.07) is 5.54. The van der Waals surface area contributed by atoms with Gasteiger partial charge in [-0.05, 0) is 11.6 Å². The van der Waals surface area contributed by atoms with Gasteiger partial charge in [0, 0.05) is 27.2 Å². The molecule has 106 valence electrons. The van der Waals surface area contributed by atoms with Crippen molar-refractivity contribution in [1.29, 1.82) is 0 Å². The number of anilines is 1. The Bertz CT molecular complexity index is 426. The van der Waals surface area contributed by atoms with Gasteiger partial charge in [0.25, 0.3) is 0 Å². The number of ether oxygens (including phenoxy) is 1. The van der Waals surface area contributed by atoms with E-state index in [9.17, 15) is 4.79 Å². The maximum atomic E-state index is 11.7. The Balaban J connectivity index is 2.67. The van der Waals surface area contributed by atoms with Crippen LogP contribution in [0.2, 0.25) is 5.02 Å². The molecule has 0 spiro atoms. The molecular formula is C13H20ClN3O2. The lowest BCUT2D eigenvalue weighted by molar-refractivity contribution is -0.119. The summed E-state index contributed by atoms with van der Waals surface area (Å²) in [4.78, 5) is 13.5. The summed E-state index contributed by atoms with van der Waals surface area (Å²) >= 11 is 6.16. The fraction of sp³-hybridized carbons (Fsp3) is 0.462. The van der Waals surface area contributed by atoms with E-state index in [2.05, 4.69) is 5.32 Å². The largest absolute Gasteiger partial charge is 0.383 e. The van der Waals surface area contributed by atoms with Gasteiger partial charge in [-0.1, -0.05) is 23.7 Å². The van der Waals surface area contributed by atoms with Crippen molar-refractivity contribution in [2.45, 2.75) is 6.54 Å². The molecule has 0 radical (unpaired) electrons. The number of hydrogen-bond donors (Lipinski definition) is 2. The molecule has 0 aliphatic rings. The van der Waals surface area contributed by atoms with E-state index in [4.69, 9.17) is 22.1 Å². The SMILES string of the molecule is COCCNC(=O)CN(C)c1c(Cl)cccc1CN. The number of likely N-dealkylation sites (N-methyl/N-ethyl adjacent to an activating group) is 1. The molecule has 1 amide bonds. The molecular weight excluding hydrogens is 266 g/mol. The van der Waals surface area contributed by atoms with Crippen LogP contribution in [-0.2, 0) is 16.1 Å². The highest BCUT2D eigenvalue weighted by atomic mass is 35.5. The average Bonchev–Trinajstić information content (AvgIpc) is 2.38. The lowest BCUT2D eigenvalue weighted by Gasteiger charge is -2.22. The molecule has 19 heavy (non-hydrogen) atoms. The predicted molar refractivity (Wildman–Crippen MR) is 77.5 cm³/mol. The van der Waals surface area contributed by atoms with Gasteiger partial charge in [-0.25, -0.2) is 0 Å². The Morgan fingerprint density at radius 2 is 2.26 bits per heavy atom. The minimum atomic E-state index is -0.0811. The van der Waals surface area contributed by atoms with Crippen molar-refractivity contribution in [2.24, 2.45) is 5.73 Å². The van der Waals surface area contributed by atoms with Crippen molar-refractivity contribution in [1.82, 2.24) is 5.32 Å². The Labute approximate surface area is 118 Å². The Morgan fingerprint density at radius 3 is 2.89 bits per heavy atom. The highest BCUT2D eigenvalue weighted by Crippen LogP contribution is 2.28. The summed E-state index contributed by atoms with van der Waals surface area (Å²) in [7, 11) is 3.41. The van der Waals surface area contributed by atoms with Crippen LogP contribution in [0.3, 0.4) is 0 Å². The van der Waals surface area contributed by atoms with E-state index >= 15 is 0 Å². The molecule has 6 heteroatoms. The summed E-state index contributed by atoms with van der Waals surface area (Å²) in [6.45, 7) is 1.59. The fourth-order valence-electron chi connectivity index (χ4n) is 1.80. The van der Waals surface area contributed by atoms with Gasteiger partial charge in [0.05, 0.1) is 23.9 Å². The number of methoxy groups -OCH3 is 1. The predicted octanol–water partition coefficient (Wildman–Crippen LogP) is 0.997. The van der Waals surface area contributed by atoms with Gasteiger partial charge in [-0.3, -0.25) is 4.79 Å². The van der Waals surface area contributed by atoms with E-state index in [-0.39, 0.29) is 12.5 Å². The molecule has 1 aromatic rings. The van der Waals surface area contributed by atoms with E-state index in [0.717, 1.165) is 11.3 Å². The normalized spacial score (nSPS) is 10.3. The molecule has 0 saturated carbocycles. The average molecular weight is 286 g/mol. The van der Waals surface area contributed by atoms with Gasteiger partial charge in [-0.15, -0.1) is 0 Å². The van der Waals surface area contributed by atoms with Gasteiger partial charge in [0.2, 0.25) is 5.91 Å². The summed E-state index contributed by atoms with van der Waals surface area (Å²) < 4.78 is 4.87. The number of nitrogens with zero attached hydrogens (tertiary/aromatic N) is 1. The van der Waals surface area contributed by atoms with Crippen molar-refractivity contribution < 1.29 is 9.53 Å². The number of nitrogens with one attached hydrogen (secondary N) is 1. The minimum absolute atomic E-state index is 0.0811. The zero-order chi connectivity index (χ0) is 14.3. The molecule has 0 aliphatic carbocycles. The standard InChI is InChI=1S/C13H20ClN3O2/c1-17(9-12(18)16-6-7-19-2)13-10(8-15)4-3-5-11(13)14/h3-5H,6-9,15H2,1-2H3,(H,16,18). The van der Waals surface area contributed by atoms with Crippen LogP contribution in [0, 0.1) is 0 Å². The zero-order valence-corrected chi connectivity index (χ0v) is 12.0. The lowest BCUT2D eigenvalue weighted by Crippen LogP contribution is -2.37. The van der Waals surface area contributed by atoms with Crippen molar-refractivity contribution >= 4 is 23.2 Å². The molecule has 0 aromatic heterocycles. The summed E-state index contributed by atoms with van der Waals surface area (Å²) in [5.74, 6) is -0.0811. The van der Waals surface area contributed by atoms with E-state index in [1.807, 2.05) is 19.2 Å². The van der Waals surface area contributed by atoms with Gasteiger partial charge in [-0.2, -0.15) is 0 Å². The van der Waals surface area contributed by atoms with Gasteiger partial charge in [0.15, 0.2) is 0 Å². The quantitative estimate of drug-likeness (QED) is 0.734. The first-order chi connectivity index (χ1) is 9.10. The summed E-state index contributed by atoms with van der Waals surface area (Å²) in [5.41, 5.74) is 7.40. The van der Waals surface area contributed by atoms with Gasteiger partial charge < -0.3 is 20.7 Å². The number of carbonyl (C=O) groups is 1. The van der Waals surface area contributed by atoms with E-state index < -0.39 is 0 Å². The molecule has 0 saturated heterocycles. The minimum Gasteiger partial charge on any atom is -0.383 e. The second-order valence-corrected chi connectivity index (χ2v) is 4.56. The third kappa shape index (κ3) is 4.70. The zero-order valence-electron chi connectivity index (χ0n) is 11.3. The van der Waals surface area contributed by atoms with E-state index in [1.54, 1.807) is 18.1 Å². The number of amides is 1. The Morgan fingerprint density at radius 1 is 1.53 bits per heavy atom. The molecule has 0 aliphatic heterocycles. The molecule has 5 nitrogen and oxygen atoms in total. The molecule has 0 unspecified atom stereocenters. The Hall–Kier alpha value is -1.30. The monoisotopic (exact) mass is 285 g/mol. The first-order valence-corrected chi connectivity index (χ1v) is 6.42. The van der Waals surface area contributed by atoms with Crippen LogP contribution in [0.25, 0.3) is 0 Å². The number of nitrogens with two attached hydrogens (primary N) is 1. The van der Waals surface area contributed by atoms with E-state index in [0.29, 0.717) is 24.7 Å². The third-order valence-electron chi connectivity index (χ3n) is 2.68. The number of carbonyl (C=O) groups excluding carboxylic acids is 1. The number of halogens is 1.